The summed E-state index contributed by atoms with van der Waals surface area (Å²) < 4.78 is 41.0. The van der Waals surface area contributed by atoms with Crippen molar-refractivity contribution in [3.05, 3.63) is 48.0 Å². The number of nitrogens with one attached hydrogen (secondary N) is 1. The number of amides is 1. The van der Waals surface area contributed by atoms with E-state index in [9.17, 15) is 23.1 Å². The van der Waals surface area contributed by atoms with E-state index in [0.717, 1.165) is 12.1 Å². The topological polar surface area (TPSA) is 58.6 Å². The fourth-order valence-corrected chi connectivity index (χ4v) is 2.16. The third-order valence-corrected chi connectivity index (χ3v) is 3.09. The molecule has 2 N–H and O–H groups in total. The van der Waals surface area contributed by atoms with Gasteiger partial charge in [-0.1, -0.05) is 24.3 Å². The number of ether oxygens (including phenoxy) is 1. The molecule has 1 amide bonds. The second kappa shape index (κ2) is 6.82. The molecule has 0 atom stereocenters. The summed E-state index contributed by atoms with van der Waals surface area (Å²) in [7, 11) is 0. The average Bonchev–Trinajstić information content (AvgIpc) is 2.47. The molecular weight excluding hydrogens is 323 g/mol. The molecule has 7 heteroatoms. The van der Waals surface area contributed by atoms with Gasteiger partial charge in [0.05, 0.1) is 0 Å². The van der Waals surface area contributed by atoms with Gasteiger partial charge in [0.2, 0.25) is 0 Å². The second-order valence-corrected chi connectivity index (χ2v) is 5.40. The SMILES string of the molecule is CC(C)NC(=O)c1ccccc1-c1ccc(O)c(OC(F)(F)F)c1. The molecule has 0 radical (unpaired) electrons. The molecule has 4 nitrogen and oxygen atoms in total. The number of hydrogen-bond donors (Lipinski definition) is 2. The molecule has 0 aliphatic heterocycles. The van der Waals surface area contributed by atoms with Crippen LogP contribution in [0.4, 0.5) is 13.2 Å². The summed E-state index contributed by atoms with van der Waals surface area (Å²) in [4.78, 5) is 12.3. The molecule has 2 aromatic carbocycles. The molecule has 0 saturated heterocycles. The minimum absolute atomic E-state index is 0.0884. The number of halogens is 3. The molecule has 0 unspecified atom stereocenters. The monoisotopic (exact) mass is 339 g/mol. The van der Waals surface area contributed by atoms with Gasteiger partial charge in [-0.05, 0) is 43.2 Å². The molecule has 0 aliphatic carbocycles. The summed E-state index contributed by atoms with van der Waals surface area (Å²) in [5.41, 5.74) is 1.07. The van der Waals surface area contributed by atoms with Crippen molar-refractivity contribution in [1.29, 1.82) is 0 Å². The summed E-state index contributed by atoms with van der Waals surface area (Å²) in [6.07, 6.45) is -4.93. The van der Waals surface area contributed by atoms with Crippen molar-refractivity contribution in [3.63, 3.8) is 0 Å². The minimum Gasteiger partial charge on any atom is -0.504 e. The number of carbonyl (C=O) groups excluding carboxylic acids is 1. The zero-order valence-corrected chi connectivity index (χ0v) is 13.0. The molecule has 0 fully saturated rings. The number of hydrogen-bond acceptors (Lipinski definition) is 3. The first kappa shape index (κ1) is 17.7. The number of benzene rings is 2. The molecule has 0 aliphatic rings. The third-order valence-electron chi connectivity index (χ3n) is 3.09. The zero-order valence-electron chi connectivity index (χ0n) is 13.0. The molecule has 2 rings (SSSR count). The Morgan fingerprint density at radius 1 is 1.17 bits per heavy atom. The van der Waals surface area contributed by atoms with Gasteiger partial charge in [0.25, 0.3) is 5.91 Å². The van der Waals surface area contributed by atoms with Crippen LogP contribution in [-0.2, 0) is 0 Å². The number of phenols is 1. The van der Waals surface area contributed by atoms with E-state index in [0.29, 0.717) is 16.7 Å². The Morgan fingerprint density at radius 2 is 1.83 bits per heavy atom. The van der Waals surface area contributed by atoms with Gasteiger partial charge in [0.1, 0.15) is 0 Å². The Balaban J connectivity index is 2.46. The number of aromatic hydroxyl groups is 1. The fourth-order valence-electron chi connectivity index (χ4n) is 2.16. The van der Waals surface area contributed by atoms with Crippen LogP contribution in [0, 0.1) is 0 Å². The maximum atomic E-state index is 12.4. The van der Waals surface area contributed by atoms with Crippen molar-refractivity contribution < 1.29 is 27.8 Å². The Labute approximate surface area is 136 Å². The van der Waals surface area contributed by atoms with Crippen LogP contribution >= 0.6 is 0 Å². The van der Waals surface area contributed by atoms with Crippen molar-refractivity contribution in [3.8, 4) is 22.6 Å². The average molecular weight is 339 g/mol. The Morgan fingerprint density at radius 3 is 2.46 bits per heavy atom. The lowest BCUT2D eigenvalue weighted by atomic mass is 9.98. The summed E-state index contributed by atoms with van der Waals surface area (Å²) >= 11 is 0. The number of phenolic OH excluding ortho intramolecular Hbond substituents is 1. The van der Waals surface area contributed by atoms with Crippen LogP contribution in [0.2, 0.25) is 0 Å². The van der Waals surface area contributed by atoms with Gasteiger partial charge in [-0.25, -0.2) is 0 Å². The van der Waals surface area contributed by atoms with Gasteiger partial charge in [-0.3, -0.25) is 4.79 Å². The van der Waals surface area contributed by atoms with Crippen LogP contribution in [0.1, 0.15) is 24.2 Å². The minimum atomic E-state index is -4.93. The maximum absolute atomic E-state index is 12.4. The summed E-state index contributed by atoms with van der Waals surface area (Å²) in [5, 5.41) is 12.3. The van der Waals surface area contributed by atoms with E-state index in [4.69, 9.17) is 0 Å². The van der Waals surface area contributed by atoms with E-state index in [1.165, 1.54) is 6.07 Å². The van der Waals surface area contributed by atoms with Crippen molar-refractivity contribution >= 4 is 5.91 Å². The lowest BCUT2D eigenvalue weighted by Crippen LogP contribution is -2.30. The number of carbonyl (C=O) groups is 1. The van der Waals surface area contributed by atoms with E-state index in [1.54, 1.807) is 38.1 Å². The van der Waals surface area contributed by atoms with E-state index in [2.05, 4.69) is 10.1 Å². The van der Waals surface area contributed by atoms with E-state index >= 15 is 0 Å². The van der Waals surface area contributed by atoms with Crippen LogP contribution < -0.4 is 10.1 Å². The van der Waals surface area contributed by atoms with Crippen LogP contribution in [0.5, 0.6) is 11.5 Å². The highest BCUT2D eigenvalue weighted by molar-refractivity contribution is 6.01. The van der Waals surface area contributed by atoms with Gasteiger partial charge in [-0.2, -0.15) is 0 Å². The molecule has 0 bridgehead atoms. The standard InChI is InChI=1S/C17H16F3NO3/c1-10(2)21-16(23)13-6-4-3-5-12(13)11-7-8-14(22)15(9-11)24-17(18,19)20/h3-10,22H,1-2H3,(H,21,23). The molecule has 0 aromatic heterocycles. The maximum Gasteiger partial charge on any atom is 0.573 e. The Bertz CT molecular complexity index is 742. The van der Waals surface area contributed by atoms with E-state index in [1.807, 2.05) is 0 Å². The normalized spacial score (nSPS) is 11.4. The lowest BCUT2D eigenvalue weighted by Gasteiger charge is -2.14. The largest absolute Gasteiger partial charge is 0.573 e. The zero-order chi connectivity index (χ0) is 17.9. The molecule has 24 heavy (non-hydrogen) atoms. The molecule has 0 saturated carbocycles. The highest BCUT2D eigenvalue weighted by Crippen LogP contribution is 2.36. The molecular formula is C17H16F3NO3. The van der Waals surface area contributed by atoms with Crippen molar-refractivity contribution in [2.75, 3.05) is 0 Å². The van der Waals surface area contributed by atoms with Gasteiger partial charge in [0, 0.05) is 11.6 Å². The fraction of sp³-hybridized carbons (Fsp3) is 0.235. The molecule has 128 valence electrons. The third kappa shape index (κ3) is 4.41. The van der Waals surface area contributed by atoms with Gasteiger partial charge in [0.15, 0.2) is 11.5 Å². The van der Waals surface area contributed by atoms with Gasteiger partial charge < -0.3 is 15.2 Å². The molecule has 0 heterocycles. The summed E-state index contributed by atoms with van der Waals surface area (Å²) in [6, 6.07) is 9.97. The first-order valence-electron chi connectivity index (χ1n) is 7.16. The van der Waals surface area contributed by atoms with E-state index in [-0.39, 0.29) is 11.9 Å². The van der Waals surface area contributed by atoms with Gasteiger partial charge in [-0.15, -0.1) is 13.2 Å². The Hall–Kier alpha value is -2.70. The quantitative estimate of drug-likeness (QED) is 0.882. The lowest BCUT2D eigenvalue weighted by molar-refractivity contribution is -0.275. The van der Waals surface area contributed by atoms with Crippen LogP contribution in [0.3, 0.4) is 0 Å². The predicted octanol–water partition coefficient (Wildman–Crippen LogP) is 4.10. The molecule has 0 spiro atoms. The first-order valence-corrected chi connectivity index (χ1v) is 7.16. The highest BCUT2D eigenvalue weighted by Gasteiger charge is 2.32. The van der Waals surface area contributed by atoms with Crippen LogP contribution in [0.15, 0.2) is 42.5 Å². The predicted molar refractivity (Wildman–Crippen MR) is 82.8 cm³/mol. The Kier molecular flexibility index (Phi) is 5.02. The number of alkyl halides is 3. The van der Waals surface area contributed by atoms with Crippen LogP contribution in [0.25, 0.3) is 11.1 Å². The smallest absolute Gasteiger partial charge is 0.504 e. The number of rotatable bonds is 4. The second-order valence-electron chi connectivity index (χ2n) is 5.40. The summed E-state index contributed by atoms with van der Waals surface area (Å²) in [5.74, 6) is -1.70. The van der Waals surface area contributed by atoms with E-state index < -0.39 is 17.9 Å². The van der Waals surface area contributed by atoms with Crippen LogP contribution in [-0.4, -0.2) is 23.4 Å². The van der Waals surface area contributed by atoms with Crippen molar-refractivity contribution in [2.24, 2.45) is 0 Å². The first-order chi connectivity index (χ1) is 11.2. The summed E-state index contributed by atoms with van der Waals surface area (Å²) in [6.45, 7) is 3.60. The van der Waals surface area contributed by atoms with Gasteiger partial charge >= 0.3 is 6.36 Å². The highest BCUT2D eigenvalue weighted by atomic mass is 19.4. The van der Waals surface area contributed by atoms with Crippen molar-refractivity contribution in [2.45, 2.75) is 26.3 Å². The van der Waals surface area contributed by atoms with Crippen molar-refractivity contribution in [1.82, 2.24) is 5.32 Å². The molecule has 2 aromatic rings.